The zero-order chi connectivity index (χ0) is 23.7. The van der Waals surface area contributed by atoms with Crippen LogP contribution < -0.4 is 0 Å². The summed E-state index contributed by atoms with van der Waals surface area (Å²) in [6.07, 6.45) is 0. The molecule has 0 fully saturated rings. The average Bonchev–Trinajstić information content (AvgIpc) is 2.77. The molecule has 33 heavy (non-hydrogen) atoms. The molecule has 0 saturated heterocycles. The van der Waals surface area contributed by atoms with Crippen LogP contribution in [0.15, 0.2) is 54.6 Å². The first-order chi connectivity index (χ1) is 15.8. The van der Waals surface area contributed by atoms with Gasteiger partial charge in [-0.3, -0.25) is 0 Å². The zero-order valence-corrected chi connectivity index (χ0v) is 17.1. The van der Waals surface area contributed by atoms with Gasteiger partial charge in [-0.1, -0.05) is 30.0 Å². The van der Waals surface area contributed by atoms with Gasteiger partial charge in [0, 0.05) is 23.6 Å². The lowest BCUT2D eigenvalue weighted by atomic mass is 10.0. The summed E-state index contributed by atoms with van der Waals surface area (Å²) in [6, 6.07) is 10.7. The highest BCUT2D eigenvalue weighted by atomic mass is 19.2. The van der Waals surface area contributed by atoms with Gasteiger partial charge in [-0.2, -0.15) is 0 Å². The predicted octanol–water partition coefficient (Wildman–Crippen LogP) is 6.89. The standard InChI is InChI=1S/C26H14F6O/c1-33-13-15-4-5-18(21(27)9-15)17-10-22(28)20(23(29)11-17)7-3-14-2-6-19-16(8-14)12-24(30)26(32)25(19)31/h2,4-6,8-12H,13H2,1H3. The van der Waals surface area contributed by atoms with Crippen LogP contribution in [0.4, 0.5) is 26.3 Å². The summed E-state index contributed by atoms with van der Waals surface area (Å²) < 4.78 is 89.2. The van der Waals surface area contributed by atoms with Crippen molar-refractivity contribution in [3.8, 4) is 23.0 Å². The zero-order valence-electron chi connectivity index (χ0n) is 17.1. The molecule has 4 aromatic carbocycles. The summed E-state index contributed by atoms with van der Waals surface area (Å²) in [6.45, 7) is 0.192. The molecule has 0 heterocycles. The topological polar surface area (TPSA) is 9.23 Å². The lowest BCUT2D eigenvalue weighted by Crippen LogP contribution is -1.95. The number of halogens is 6. The van der Waals surface area contributed by atoms with Gasteiger partial charge in [0.15, 0.2) is 17.5 Å². The molecular weight excluding hydrogens is 442 g/mol. The largest absolute Gasteiger partial charge is 0.380 e. The van der Waals surface area contributed by atoms with Crippen molar-refractivity contribution in [2.24, 2.45) is 0 Å². The molecule has 1 nitrogen and oxygen atoms in total. The van der Waals surface area contributed by atoms with E-state index in [0.29, 0.717) is 5.56 Å². The monoisotopic (exact) mass is 456 g/mol. The molecule has 0 aliphatic rings. The van der Waals surface area contributed by atoms with Crippen LogP contribution in [0.5, 0.6) is 0 Å². The third-order valence-corrected chi connectivity index (χ3v) is 5.00. The highest BCUT2D eigenvalue weighted by Gasteiger charge is 2.15. The summed E-state index contributed by atoms with van der Waals surface area (Å²) in [5.74, 6) is -2.07. The van der Waals surface area contributed by atoms with Crippen molar-refractivity contribution in [2.75, 3.05) is 7.11 Å². The Kier molecular flexibility index (Phi) is 6.12. The number of methoxy groups -OCH3 is 1. The molecule has 0 aliphatic carbocycles. The number of fused-ring (bicyclic) bond motifs is 1. The fraction of sp³-hybridized carbons (Fsp3) is 0.0769. The van der Waals surface area contributed by atoms with Crippen LogP contribution in [0.2, 0.25) is 0 Å². The van der Waals surface area contributed by atoms with E-state index >= 15 is 0 Å². The Labute approximate surface area is 185 Å². The normalized spacial score (nSPS) is 10.9. The van der Waals surface area contributed by atoms with E-state index in [0.717, 1.165) is 18.2 Å². The molecule has 4 rings (SSSR count). The second kappa shape index (κ2) is 9.00. The molecular formula is C26H14F6O. The van der Waals surface area contributed by atoms with Gasteiger partial charge in [0.2, 0.25) is 0 Å². The van der Waals surface area contributed by atoms with Crippen LogP contribution in [0, 0.1) is 46.7 Å². The Morgan fingerprint density at radius 1 is 0.697 bits per heavy atom. The van der Waals surface area contributed by atoms with Crippen molar-refractivity contribution < 1.29 is 31.1 Å². The van der Waals surface area contributed by atoms with Gasteiger partial charge in [-0.15, -0.1) is 0 Å². The highest BCUT2D eigenvalue weighted by molar-refractivity contribution is 5.84. The number of benzene rings is 4. The number of hydrogen-bond acceptors (Lipinski definition) is 1. The molecule has 0 atom stereocenters. The lowest BCUT2D eigenvalue weighted by molar-refractivity contribution is 0.184. The fourth-order valence-corrected chi connectivity index (χ4v) is 3.41. The van der Waals surface area contributed by atoms with Crippen molar-refractivity contribution in [1.82, 2.24) is 0 Å². The van der Waals surface area contributed by atoms with Crippen molar-refractivity contribution in [3.05, 3.63) is 106 Å². The number of ether oxygens (including phenoxy) is 1. The van der Waals surface area contributed by atoms with Gasteiger partial charge in [0.05, 0.1) is 12.2 Å². The van der Waals surface area contributed by atoms with E-state index in [4.69, 9.17) is 4.74 Å². The van der Waals surface area contributed by atoms with Gasteiger partial charge >= 0.3 is 0 Å². The maximum Gasteiger partial charge on any atom is 0.195 e. The highest BCUT2D eigenvalue weighted by Crippen LogP contribution is 2.28. The van der Waals surface area contributed by atoms with E-state index < -0.39 is 40.5 Å². The van der Waals surface area contributed by atoms with Gasteiger partial charge in [-0.05, 0) is 52.9 Å². The summed E-state index contributed by atoms with van der Waals surface area (Å²) in [4.78, 5) is 0. The molecule has 0 unspecified atom stereocenters. The van der Waals surface area contributed by atoms with E-state index in [1.165, 1.54) is 37.4 Å². The van der Waals surface area contributed by atoms with Crippen molar-refractivity contribution in [1.29, 1.82) is 0 Å². The summed E-state index contributed by atoms with van der Waals surface area (Å²) >= 11 is 0. The van der Waals surface area contributed by atoms with Crippen LogP contribution in [0.25, 0.3) is 21.9 Å². The summed E-state index contributed by atoms with van der Waals surface area (Å²) in [7, 11) is 1.46. The molecule has 0 radical (unpaired) electrons. The maximum atomic E-state index is 14.6. The number of rotatable bonds is 3. The average molecular weight is 456 g/mol. The van der Waals surface area contributed by atoms with E-state index in [9.17, 15) is 26.3 Å². The molecule has 166 valence electrons. The molecule has 7 heteroatoms. The third-order valence-electron chi connectivity index (χ3n) is 5.00. The van der Waals surface area contributed by atoms with E-state index in [-0.39, 0.29) is 34.1 Å². The Balaban J connectivity index is 1.69. The second-order valence-electron chi connectivity index (χ2n) is 7.23. The third kappa shape index (κ3) is 4.43. The summed E-state index contributed by atoms with van der Waals surface area (Å²) in [5.41, 5.74) is 0.232. The predicted molar refractivity (Wildman–Crippen MR) is 112 cm³/mol. The van der Waals surface area contributed by atoms with Crippen molar-refractivity contribution >= 4 is 10.8 Å². The van der Waals surface area contributed by atoms with Gasteiger partial charge in [-0.25, -0.2) is 26.3 Å². The van der Waals surface area contributed by atoms with E-state index in [1.54, 1.807) is 6.07 Å². The molecule has 0 bridgehead atoms. The molecule has 0 saturated carbocycles. The first kappa shape index (κ1) is 22.4. The molecule has 0 aliphatic heterocycles. The first-order valence-electron chi connectivity index (χ1n) is 9.64. The van der Waals surface area contributed by atoms with E-state index in [1.807, 2.05) is 0 Å². The SMILES string of the molecule is COCc1ccc(-c2cc(F)c(C#Cc3ccc4c(F)c(F)c(F)cc4c3)c(F)c2)c(F)c1. The first-order valence-corrected chi connectivity index (χ1v) is 9.64. The minimum absolute atomic E-state index is 0.00398. The molecule has 4 aromatic rings. The van der Waals surface area contributed by atoms with Crippen molar-refractivity contribution in [3.63, 3.8) is 0 Å². The van der Waals surface area contributed by atoms with E-state index in [2.05, 4.69) is 11.8 Å². The maximum absolute atomic E-state index is 14.6. The molecule has 0 spiro atoms. The lowest BCUT2D eigenvalue weighted by Gasteiger charge is -2.08. The molecule has 0 amide bonds. The minimum atomic E-state index is -1.59. The number of hydrogen-bond donors (Lipinski definition) is 0. The van der Waals surface area contributed by atoms with Gasteiger partial charge in [0.1, 0.15) is 17.5 Å². The smallest absolute Gasteiger partial charge is 0.195 e. The van der Waals surface area contributed by atoms with Crippen LogP contribution in [0.3, 0.4) is 0 Å². The summed E-state index contributed by atoms with van der Waals surface area (Å²) in [5, 5.41) is -0.110. The Morgan fingerprint density at radius 3 is 2.09 bits per heavy atom. The fourth-order valence-electron chi connectivity index (χ4n) is 3.41. The Bertz CT molecular complexity index is 1430. The minimum Gasteiger partial charge on any atom is -0.380 e. The van der Waals surface area contributed by atoms with Gasteiger partial charge < -0.3 is 4.74 Å². The van der Waals surface area contributed by atoms with Crippen LogP contribution in [-0.4, -0.2) is 7.11 Å². The molecule has 0 N–H and O–H groups in total. The Hall–Kier alpha value is -3.76. The second-order valence-corrected chi connectivity index (χ2v) is 7.23. The van der Waals surface area contributed by atoms with Gasteiger partial charge in [0.25, 0.3) is 0 Å². The van der Waals surface area contributed by atoms with Crippen LogP contribution >= 0.6 is 0 Å². The Morgan fingerprint density at radius 2 is 1.42 bits per heavy atom. The van der Waals surface area contributed by atoms with Crippen molar-refractivity contribution in [2.45, 2.75) is 6.61 Å². The molecule has 0 aromatic heterocycles. The quantitative estimate of drug-likeness (QED) is 0.185. The van der Waals surface area contributed by atoms with Crippen LogP contribution in [0.1, 0.15) is 16.7 Å². The van der Waals surface area contributed by atoms with Crippen LogP contribution in [-0.2, 0) is 11.3 Å².